The number of rotatable bonds is 11. The molecule has 43 heavy (non-hydrogen) atoms. The fourth-order valence-electron chi connectivity index (χ4n) is 4.33. The Morgan fingerprint density at radius 1 is 0.721 bits per heavy atom. The number of nitrogens with one attached hydrogen (secondary N) is 3. The Morgan fingerprint density at radius 2 is 1.37 bits per heavy atom. The van der Waals surface area contributed by atoms with Crippen LogP contribution in [0.3, 0.4) is 0 Å². The van der Waals surface area contributed by atoms with Gasteiger partial charge in [-0.3, -0.25) is 9.52 Å². The molecule has 1 aromatic heterocycles. The van der Waals surface area contributed by atoms with Gasteiger partial charge in [0.05, 0.1) is 43.7 Å². The normalized spacial score (nSPS) is 11.0. The van der Waals surface area contributed by atoms with Crippen LogP contribution >= 0.6 is 0 Å². The Hall–Kier alpha value is -5.36. The molecule has 0 atom stereocenters. The monoisotopic (exact) mass is 599 g/mol. The van der Waals surface area contributed by atoms with Gasteiger partial charge in [0.1, 0.15) is 17.2 Å². The summed E-state index contributed by atoms with van der Waals surface area (Å²) < 4.78 is 45.7. The number of hydrogen-bond acceptors (Lipinski definition) is 9. The quantitative estimate of drug-likeness (QED) is 0.182. The standard InChI is InChI=1S/C31H29N5O6S/c1-40-23-16-22(17-24(19-23)41-2)33-30-31(35-27-13-6-5-12-26(27)34-30)36-43(38,39)25-11-8-10-21(18-25)32-29(37)15-20-9-4-7-14-28(20)42-3/h4-14,16-19H,15H2,1-3H3,(H,32,37)(H,33,34)(H,35,36). The summed E-state index contributed by atoms with van der Waals surface area (Å²) >= 11 is 0. The molecule has 0 unspecified atom stereocenters. The number of anilines is 4. The highest BCUT2D eigenvalue weighted by Gasteiger charge is 2.20. The molecule has 11 nitrogen and oxygen atoms in total. The summed E-state index contributed by atoms with van der Waals surface area (Å²) in [6.45, 7) is 0. The van der Waals surface area contributed by atoms with Crippen LogP contribution in [0.4, 0.5) is 23.0 Å². The average Bonchev–Trinajstić information content (AvgIpc) is 3.01. The minimum absolute atomic E-state index is 0.0221. The van der Waals surface area contributed by atoms with Gasteiger partial charge in [-0.1, -0.05) is 36.4 Å². The number of hydrogen-bond donors (Lipinski definition) is 3. The Kier molecular flexibility index (Phi) is 8.58. The molecule has 4 aromatic carbocycles. The van der Waals surface area contributed by atoms with Crippen molar-refractivity contribution in [2.45, 2.75) is 11.3 Å². The molecule has 0 aliphatic rings. The van der Waals surface area contributed by atoms with Crippen molar-refractivity contribution in [3.8, 4) is 17.2 Å². The third kappa shape index (κ3) is 6.93. The fraction of sp³-hybridized carbons (Fsp3) is 0.129. The molecule has 0 aliphatic carbocycles. The third-order valence-electron chi connectivity index (χ3n) is 6.39. The van der Waals surface area contributed by atoms with Crippen molar-refractivity contribution in [2.24, 2.45) is 0 Å². The van der Waals surface area contributed by atoms with Gasteiger partial charge < -0.3 is 24.8 Å². The minimum Gasteiger partial charge on any atom is -0.497 e. The predicted molar refractivity (Wildman–Crippen MR) is 165 cm³/mol. The maximum atomic E-state index is 13.6. The summed E-state index contributed by atoms with van der Waals surface area (Å²) in [5, 5.41) is 5.89. The number of para-hydroxylation sites is 3. The summed E-state index contributed by atoms with van der Waals surface area (Å²) in [6.07, 6.45) is 0.0516. The van der Waals surface area contributed by atoms with Crippen LogP contribution in [-0.2, 0) is 21.2 Å². The van der Waals surface area contributed by atoms with Gasteiger partial charge in [0.25, 0.3) is 10.0 Å². The number of amides is 1. The number of carbonyl (C=O) groups is 1. The number of aromatic nitrogens is 2. The molecule has 0 fully saturated rings. The Balaban J connectivity index is 1.42. The van der Waals surface area contributed by atoms with E-state index >= 15 is 0 Å². The van der Waals surface area contributed by atoms with Gasteiger partial charge in [0.2, 0.25) is 5.91 Å². The molecule has 1 heterocycles. The van der Waals surface area contributed by atoms with E-state index in [2.05, 4.69) is 25.3 Å². The van der Waals surface area contributed by atoms with E-state index in [1.807, 2.05) is 18.2 Å². The Bertz CT molecular complexity index is 1880. The van der Waals surface area contributed by atoms with Crippen LogP contribution < -0.4 is 29.6 Å². The van der Waals surface area contributed by atoms with Gasteiger partial charge in [-0.15, -0.1) is 0 Å². The van der Waals surface area contributed by atoms with Crippen LogP contribution in [0.15, 0.2) is 95.9 Å². The second-order valence-corrected chi connectivity index (χ2v) is 11.0. The lowest BCUT2D eigenvalue weighted by Crippen LogP contribution is -2.18. The van der Waals surface area contributed by atoms with Crippen LogP contribution in [0, 0.1) is 0 Å². The van der Waals surface area contributed by atoms with Crippen LogP contribution in [0.1, 0.15) is 5.56 Å². The van der Waals surface area contributed by atoms with Crippen LogP contribution in [-0.4, -0.2) is 45.6 Å². The lowest BCUT2D eigenvalue weighted by Gasteiger charge is -2.15. The highest BCUT2D eigenvalue weighted by Crippen LogP contribution is 2.31. The molecule has 0 aliphatic heterocycles. The molecule has 5 aromatic rings. The molecule has 0 spiro atoms. The number of sulfonamides is 1. The summed E-state index contributed by atoms with van der Waals surface area (Å²) in [5.74, 6) is 1.47. The second-order valence-electron chi connectivity index (χ2n) is 9.31. The Morgan fingerprint density at radius 3 is 2.05 bits per heavy atom. The number of carbonyl (C=O) groups excluding carboxylic acids is 1. The zero-order chi connectivity index (χ0) is 30.4. The molecule has 3 N–H and O–H groups in total. The van der Waals surface area contributed by atoms with E-state index in [-0.39, 0.29) is 28.9 Å². The lowest BCUT2D eigenvalue weighted by atomic mass is 10.1. The zero-order valence-corrected chi connectivity index (χ0v) is 24.4. The predicted octanol–water partition coefficient (Wildman–Crippen LogP) is 5.38. The first-order valence-electron chi connectivity index (χ1n) is 13.1. The van der Waals surface area contributed by atoms with E-state index in [9.17, 15) is 13.2 Å². The van der Waals surface area contributed by atoms with Gasteiger partial charge in [0.15, 0.2) is 11.6 Å². The largest absolute Gasteiger partial charge is 0.497 e. The van der Waals surface area contributed by atoms with Crippen molar-refractivity contribution in [1.82, 2.24) is 9.97 Å². The maximum absolute atomic E-state index is 13.6. The number of fused-ring (bicyclic) bond motifs is 1. The van der Waals surface area contributed by atoms with E-state index in [0.717, 1.165) is 0 Å². The first-order valence-corrected chi connectivity index (χ1v) is 14.6. The van der Waals surface area contributed by atoms with E-state index in [1.54, 1.807) is 60.7 Å². The minimum atomic E-state index is -4.16. The maximum Gasteiger partial charge on any atom is 0.263 e. The van der Waals surface area contributed by atoms with E-state index in [1.165, 1.54) is 33.5 Å². The van der Waals surface area contributed by atoms with Crippen molar-refractivity contribution in [3.05, 3.63) is 96.6 Å². The van der Waals surface area contributed by atoms with Crippen LogP contribution in [0.5, 0.6) is 17.2 Å². The molecule has 220 valence electrons. The van der Waals surface area contributed by atoms with Gasteiger partial charge in [-0.2, -0.15) is 0 Å². The van der Waals surface area contributed by atoms with Gasteiger partial charge >= 0.3 is 0 Å². The molecule has 5 rings (SSSR count). The average molecular weight is 600 g/mol. The highest BCUT2D eigenvalue weighted by atomic mass is 32.2. The number of ether oxygens (including phenoxy) is 3. The third-order valence-corrected chi connectivity index (χ3v) is 7.72. The number of benzene rings is 4. The molecule has 1 amide bonds. The number of methoxy groups -OCH3 is 3. The summed E-state index contributed by atoms with van der Waals surface area (Å²) in [5.41, 5.74) is 2.61. The summed E-state index contributed by atoms with van der Waals surface area (Å²) in [7, 11) is 0.432. The molecular formula is C31H29N5O6S. The van der Waals surface area contributed by atoms with E-state index < -0.39 is 10.0 Å². The Labute approximate surface area is 248 Å². The van der Waals surface area contributed by atoms with Crippen molar-refractivity contribution in [3.63, 3.8) is 0 Å². The molecule has 0 bridgehead atoms. The van der Waals surface area contributed by atoms with Crippen molar-refractivity contribution in [2.75, 3.05) is 36.7 Å². The molecule has 0 saturated carbocycles. The van der Waals surface area contributed by atoms with Gasteiger partial charge in [-0.25, -0.2) is 18.4 Å². The van der Waals surface area contributed by atoms with Crippen LogP contribution in [0.25, 0.3) is 11.0 Å². The van der Waals surface area contributed by atoms with E-state index in [0.29, 0.717) is 45.2 Å². The van der Waals surface area contributed by atoms with E-state index in [4.69, 9.17) is 14.2 Å². The summed E-state index contributed by atoms with van der Waals surface area (Å²) in [6, 6.07) is 25.4. The van der Waals surface area contributed by atoms with Gasteiger partial charge in [0, 0.05) is 35.1 Å². The molecular weight excluding hydrogens is 570 g/mol. The van der Waals surface area contributed by atoms with Crippen LogP contribution in [0.2, 0.25) is 0 Å². The molecule has 0 radical (unpaired) electrons. The fourth-order valence-corrected chi connectivity index (χ4v) is 5.38. The SMILES string of the molecule is COc1cc(Nc2nc3ccccc3nc2NS(=O)(=O)c2cccc(NC(=O)Cc3ccccc3OC)c2)cc(OC)c1. The summed E-state index contributed by atoms with van der Waals surface area (Å²) in [4.78, 5) is 21.8. The number of nitrogens with zero attached hydrogens (tertiary/aromatic N) is 2. The molecule has 12 heteroatoms. The topological polar surface area (TPSA) is 141 Å². The van der Waals surface area contributed by atoms with Crippen molar-refractivity contribution < 1.29 is 27.4 Å². The zero-order valence-electron chi connectivity index (χ0n) is 23.6. The lowest BCUT2D eigenvalue weighted by molar-refractivity contribution is -0.115. The first kappa shape index (κ1) is 29.1. The van der Waals surface area contributed by atoms with Crippen molar-refractivity contribution in [1.29, 1.82) is 0 Å². The smallest absolute Gasteiger partial charge is 0.263 e. The highest BCUT2D eigenvalue weighted by molar-refractivity contribution is 7.92. The first-order chi connectivity index (χ1) is 20.8. The second kappa shape index (κ2) is 12.7. The molecule has 0 saturated heterocycles. The van der Waals surface area contributed by atoms with Gasteiger partial charge in [-0.05, 0) is 36.4 Å². The van der Waals surface area contributed by atoms with Crippen molar-refractivity contribution >= 4 is 50.0 Å².